The zero-order chi connectivity index (χ0) is 15.4. The largest absolute Gasteiger partial charge is 0.326 e. The highest BCUT2D eigenvalue weighted by molar-refractivity contribution is 6.02. The van der Waals surface area contributed by atoms with Crippen molar-refractivity contribution in [2.24, 2.45) is 0 Å². The van der Waals surface area contributed by atoms with Crippen LogP contribution in [0.25, 0.3) is 0 Å². The monoisotopic (exact) mass is 291 g/mol. The van der Waals surface area contributed by atoms with Gasteiger partial charge in [-0.15, -0.1) is 0 Å². The van der Waals surface area contributed by atoms with E-state index >= 15 is 0 Å². The quantitative estimate of drug-likeness (QED) is 0.865. The number of nitrogens with one attached hydrogen (secondary N) is 1. The van der Waals surface area contributed by atoms with Gasteiger partial charge in [0.2, 0.25) is 0 Å². The molecule has 0 radical (unpaired) electrons. The maximum Gasteiger partial charge on any atom is 0.326 e. The van der Waals surface area contributed by atoms with Crippen LogP contribution in [0.3, 0.4) is 0 Å². The number of hydrogen-bond acceptors (Lipinski definition) is 2. The van der Waals surface area contributed by atoms with Crippen molar-refractivity contribution in [2.75, 3.05) is 16.8 Å². The first-order chi connectivity index (χ1) is 10.8. The summed E-state index contributed by atoms with van der Waals surface area (Å²) in [4.78, 5) is 14.4. The molecule has 0 saturated heterocycles. The van der Waals surface area contributed by atoms with E-state index in [1.165, 1.54) is 5.56 Å². The lowest BCUT2D eigenvalue weighted by Gasteiger charge is -2.23. The summed E-state index contributed by atoms with van der Waals surface area (Å²) < 4.78 is 0. The number of fused-ring (bicyclic) bond motifs is 1. The highest BCUT2D eigenvalue weighted by Crippen LogP contribution is 2.26. The van der Waals surface area contributed by atoms with Gasteiger partial charge in [0, 0.05) is 17.9 Å². The van der Waals surface area contributed by atoms with E-state index < -0.39 is 0 Å². The minimum atomic E-state index is -0.126. The zero-order valence-corrected chi connectivity index (χ0v) is 12.2. The lowest BCUT2D eigenvalue weighted by molar-refractivity contribution is 0.257. The molecule has 0 atom stereocenters. The molecule has 2 amide bonds. The first kappa shape index (κ1) is 14.2. The number of rotatable bonds is 1. The molecule has 0 bridgehead atoms. The third-order valence-electron chi connectivity index (χ3n) is 3.87. The Labute approximate surface area is 130 Å². The van der Waals surface area contributed by atoms with Gasteiger partial charge >= 0.3 is 6.03 Å². The van der Waals surface area contributed by atoms with Crippen LogP contribution in [-0.4, -0.2) is 12.6 Å². The van der Waals surface area contributed by atoms with Gasteiger partial charge in [0.25, 0.3) is 0 Å². The molecule has 0 aromatic heterocycles. The lowest BCUT2D eigenvalue weighted by Crippen LogP contribution is -2.35. The number of hydrogen-bond donors (Lipinski definition) is 1. The number of benzene rings is 2. The summed E-state index contributed by atoms with van der Waals surface area (Å²) in [5.74, 6) is 0. The number of nitriles is 1. The standard InChI is InChI=1S/C18H17N3O/c19-13-14-8-10-16(11-9-14)20-18(22)21-12-4-3-6-15-5-1-2-7-17(15)21/h1-2,5,7-11H,3-4,6,12H2,(H,20,22). The summed E-state index contributed by atoms with van der Waals surface area (Å²) in [6.45, 7) is 0.721. The van der Waals surface area contributed by atoms with Crippen molar-refractivity contribution in [2.45, 2.75) is 19.3 Å². The van der Waals surface area contributed by atoms with Crippen molar-refractivity contribution < 1.29 is 4.79 Å². The second kappa shape index (κ2) is 6.31. The van der Waals surface area contributed by atoms with Gasteiger partial charge < -0.3 is 5.32 Å². The van der Waals surface area contributed by atoms with E-state index in [4.69, 9.17) is 5.26 Å². The van der Waals surface area contributed by atoms with Crippen LogP contribution in [-0.2, 0) is 6.42 Å². The Morgan fingerprint density at radius 2 is 1.86 bits per heavy atom. The molecule has 1 aliphatic rings. The number of urea groups is 1. The fourth-order valence-electron chi connectivity index (χ4n) is 2.72. The number of carbonyl (C=O) groups is 1. The maximum atomic E-state index is 12.6. The molecule has 2 aromatic carbocycles. The molecule has 4 heteroatoms. The topological polar surface area (TPSA) is 56.1 Å². The molecule has 0 saturated carbocycles. The molecule has 1 N–H and O–H groups in total. The molecular formula is C18H17N3O. The van der Waals surface area contributed by atoms with Crippen LogP contribution in [0.1, 0.15) is 24.0 Å². The smallest absolute Gasteiger partial charge is 0.308 e. The van der Waals surface area contributed by atoms with E-state index in [1.807, 2.05) is 18.2 Å². The molecule has 110 valence electrons. The van der Waals surface area contributed by atoms with Gasteiger partial charge in [0.15, 0.2) is 0 Å². The summed E-state index contributed by atoms with van der Waals surface area (Å²) in [7, 11) is 0. The van der Waals surface area contributed by atoms with Crippen molar-refractivity contribution in [3.05, 3.63) is 59.7 Å². The van der Waals surface area contributed by atoms with Crippen LogP contribution < -0.4 is 10.2 Å². The number of aryl methyl sites for hydroxylation is 1. The van der Waals surface area contributed by atoms with E-state index in [0.717, 1.165) is 31.5 Å². The zero-order valence-electron chi connectivity index (χ0n) is 12.2. The predicted octanol–water partition coefficient (Wildman–Crippen LogP) is 3.93. The molecule has 22 heavy (non-hydrogen) atoms. The average molecular weight is 291 g/mol. The molecular weight excluding hydrogens is 274 g/mol. The van der Waals surface area contributed by atoms with Gasteiger partial charge in [-0.2, -0.15) is 5.26 Å². The van der Waals surface area contributed by atoms with Crippen LogP contribution in [0, 0.1) is 11.3 Å². The molecule has 1 aliphatic heterocycles. The van der Waals surface area contributed by atoms with E-state index in [0.29, 0.717) is 11.3 Å². The molecule has 0 unspecified atom stereocenters. The van der Waals surface area contributed by atoms with Crippen molar-refractivity contribution in [3.63, 3.8) is 0 Å². The first-order valence-corrected chi connectivity index (χ1v) is 7.44. The number of amides is 2. The van der Waals surface area contributed by atoms with Gasteiger partial charge in [-0.3, -0.25) is 4.90 Å². The van der Waals surface area contributed by atoms with Crippen LogP contribution in [0.2, 0.25) is 0 Å². The van der Waals surface area contributed by atoms with Crippen LogP contribution >= 0.6 is 0 Å². The lowest BCUT2D eigenvalue weighted by atomic mass is 10.1. The van der Waals surface area contributed by atoms with Crippen molar-refractivity contribution >= 4 is 17.4 Å². The Bertz CT molecular complexity index is 716. The number of anilines is 2. The Morgan fingerprint density at radius 1 is 1.09 bits per heavy atom. The highest BCUT2D eigenvalue weighted by atomic mass is 16.2. The summed E-state index contributed by atoms with van der Waals surface area (Å²) in [6.07, 6.45) is 3.10. The van der Waals surface area contributed by atoms with Gasteiger partial charge in [-0.05, 0) is 55.2 Å². The Kier molecular flexibility index (Phi) is 4.06. The minimum Gasteiger partial charge on any atom is -0.308 e. The van der Waals surface area contributed by atoms with Crippen LogP contribution in [0.5, 0.6) is 0 Å². The average Bonchev–Trinajstić information content (AvgIpc) is 2.78. The summed E-state index contributed by atoms with van der Waals surface area (Å²) in [5, 5.41) is 11.7. The van der Waals surface area contributed by atoms with Gasteiger partial charge in [0.1, 0.15) is 0 Å². The summed E-state index contributed by atoms with van der Waals surface area (Å²) in [6, 6.07) is 16.9. The molecule has 3 rings (SSSR count). The molecule has 0 spiro atoms. The van der Waals surface area contributed by atoms with E-state index in [-0.39, 0.29) is 6.03 Å². The fourth-order valence-corrected chi connectivity index (χ4v) is 2.72. The normalized spacial score (nSPS) is 13.7. The molecule has 0 fully saturated rings. The van der Waals surface area contributed by atoms with Crippen LogP contribution in [0.4, 0.5) is 16.2 Å². The number of nitrogens with zero attached hydrogens (tertiary/aromatic N) is 2. The Balaban J connectivity index is 1.81. The third-order valence-corrected chi connectivity index (χ3v) is 3.87. The second-order valence-corrected chi connectivity index (χ2v) is 5.36. The number of para-hydroxylation sites is 1. The van der Waals surface area contributed by atoms with Crippen LogP contribution in [0.15, 0.2) is 48.5 Å². The second-order valence-electron chi connectivity index (χ2n) is 5.36. The highest BCUT2D eigenvalue weighted by Gasteiger charge is 2.20. The van der Waals surface area contributed by atoms with Gasteiger partial charge in [0.05, 0.1) is 11.6 Å². The summed E-state index contributed by atoms with van der Waals surface area (Å²) in [5.41, 5.74) is 3.49. The van der Waals surface area contributed by atoms with Crippen molar-refractivity contribution in [1.29, 1.82) is 5.26 Å². The third kappa shape index (κ3) is 2.94. The first-order valence-electron chi connectivity index (χ1n) is 7.44. The van der Waals surface area contributed by atoms with Gasteiger partial charge in [-0.25, -0.2) is 4.79 Å². The van der Waals surface area contributed by atoms with E-state index in [1.54, 1.807) is 29.2 Å². The SMILES string of the molecule is N#Cc1ccc(NC(=O)N2CCCCc3ccccc32)cc1. The minimum absolute atomic E-state index is 0.126. The predicted molar refractivity (Wildman–Crippen MR) is 86.9 cm³/mol. The fraction of sp³-hybridized carbons (Fsp3) is 0.222. The Morgan fingerprint density at radius 3 is 2.64 bits per heavy atom. The van der Waals surface area contributed by atoms with Gasteiger partial charge in [-0.1, -0.05) is 18.2 Å². The molecule has 4 nitrogen and oxygen atoms in total. The Hall–Kier alpha value is -2.80. The van der Waals surface area contributed by atoms with Crippen molar-refractivity contribution in [1.82, 2.24) is 0 Å². The molecule has 2 aromatic rings. The molecule has 1 heterocycles. The summed E-state index contributed by atoms with van der Waals surface area (Å²) >= 11 is 0. The van der Waals surface area contributed by atoms with E-state index in [2.05, 4.69) is 17.5 Å². The van der Waals surface area contributed by atoms with E-state index in [9.17, 15) is 4.79 Å². The molecule has 0 aliphatic carbocycles. The number of carbonyl (C=O) groups excluding carboxylic acids is 1. The van der Waals surface area contributed by atoms with Crippen molar-refractivity contribution in [3.8, 4) is 6.07 Å². The maximum absolute atomic E-state index is 12.6.